The fraction of sp³-hybridized carbons (Fsp3) is 0.929. The molecule has 0 aromatic carbocycles. The molecule has 1 rings (SSSR count). The predicted molar refractivity (Wildman–Crippen MR) is 75.2 cm³/mol. The van der Waals surface area contributed by atoms with E-state index in [0.29, 0.717) is 6.61 Å². The molecule has 1 amide bonds. The highest BCUT2D eigenvalue weighted by Gasteiger charge is 2.40. The number of carbonyl (C=O) groups excluding carboxylic acids is 1. The number of rotatable bonds is 8. The molecule has 1 aliphatic heterocycles. The van der Waals surface area contributed by atoms with Gasteiger partial charge in [0.05, 0.1) is 12.6 Å². The summed E-state index contributed by atoms with van der Waals surface area (Å²) in [7, 11) is 3.30. The van der Waals surface area contributed by atoms with Crippen LogP contribution < -0.4 is 10.6 Å². The highest BCUT2D eigenvalue weighted by atomic mass is 16.5. The maximum Gasteiger partial charge on any atom is 0.252 e. The van der Waals surface area contributed by atoms with E-state index in [1.165, 1.54) is 0 Å². The average molecular weight is 272 g/mol. The van der Waals surface area contributed by atoms with E-state index in [9.17, 15) is 4.79 Å². The van der Waals surface area contributed by atoms with Crippen LogP contribution in [0.4, 0.5) is 0 Å². The third-order valence-corrected chi connectivity index (χ3v) is 3.82. The van der Waals surface area contributed by atoms with Gasteiger partial charge in [-0.15, -0.1) is 0 Å². The fourth-order valence-corrected chi connectivity index (χ4v) is 2.52. The van der Waals surface area contributed by atoms with Crippen LogP contribution in [-0.4, -0.2) is 51.5 Å². The third-order valence-electron chi connectivity index (χ3n) is 3.82. The maximum atomic E-state index is 12.5. The van der Waals surface area contributed by atoms with Crippen molar-refractivity contribution in [2.45, 2.75) is 50.7 Å². The number of amides is 1. The first-order valence-electron chi connectivity index (χ1n) is 7.24. The number of ether oxygens (including phenoxy) is 2. The molecule has 1 aliphatic rings. The monoisotopic (exact) mass is 272 g/mol. The lowest BCUT2D eigenvalue weighted by Crippen LogP contribution is -2.56. The molecule has 1 atom stereocenters. The van der Waals surface area contributed by atoms with Crippen LogP contribution in [0.1, 0.15) is 39.0 Å². The fourth-order valence-electron chi connectivity index (χ4n) is 2.52. The van der Waals surface area contributed by atoms with Crippen molar-refractivity contribution in [3.05, 3.63) is 0 Å². The Morgan fingerprint density at radius 1 is 1.37 bits per heavy atom. The SMILES string of the molecule is CCCCC(COC)NC(=O)C1(OC)CCNCC1. The first kappa shape index (κ1) is 16.4. The van der Waals surface area contributed by atoms with E-state index in [2.05, 4.69) is 17.6 Å². The minimum atomic E-state index is -0.663. The molecule has 0 aliphatic carbocycles. The van der Waals surface area contributed by atoms with E-state index in [1.807, 2.05) is 0 Å². The highest BCUT2D eigenvalue weighted by molar-refractivity contribution is 5.85. The second-order valence-corrected chi connectivity index (χ2v) is 5.22. The van der Waals surface area contributed by atoms with E-state index < -0.39 is 5.60 Å². The van der Waals surface area contributed by atoms with Gasteiger partial charge >= 0.3 is 0 Å². The van der Waals surface area contributed by atoms with Crippen LogP contribution in [-0.2, 0) is 14.3 Å². The van der Waals surface area contributed by atoms with Gasteiger partial charge in [-0.05, 0) is 32.4 Å². The van der Waals surface area contributed by atoms with Gasteiger partial charge in [0.2, 0.25) is 0 Å². The maximum absolute atomic E-state index is 12.5. The van der Waals surface area contributed by atoms with Gasteiger partial charge in [0.25, 0.3) is 5.91 Å². The van der Waals surface area contributed by atoms with E-state index >= 15 is 0 Å². The van der Waals surface area contributed by atoms with Crippen molar-refractivity contribution in [3.63, 3.8) is 0 Å². The lowest BCUT2D eigenvalue weighted by molar-refractivity contribution is -0.148. The molecule has 19 heavy (non-hydrogen) atoms. The van der Waals surface area contributed by atoms with Gasteiger partial charge in [-0.25, -0.2) is 0 Å². The van der Waals surface area contributed by atoms with Crippen LogP contribution >= 0.6 is 0 Å². The van der Waals surface area contributed by atoms with Gasteiger partial charge in [0.15, 0.2) is 0 Å². The summed E-state index contributed by atoms with van der Waals surface area (Å²) in [4.78, 5) is 12.5. The Morgan fingerprint density at radius 3 is 2.58 bits per heavy atom. The number of piperidine rings is 1. The Hall–Kier alpha value is -0.650. The smallest absolute Gasteiger partial charge is 0.252 e. The van der Waals surface area contributed by atoms with Crippen molar-refractivity contribution in [3.8, 4) is 0 Å². The number of methoxy groups -OCH3 is 2. The largest absolute Gasteiger partial charge is 0.383 e. The van der Waals surface area contributed by atoms with E-state index in [-0.39, 0.29) is 11.9 Å². The number of nitrogens with one attached hydrogen (secondary N) is 2. The average Bonchev–Trinajstić information content (AvgIpc) is 2.45. The van der Waals surface area contributed by atoms with Crippen LogP contribution in [0.2, 0.25) is 0 Å². The molecule has 5 heteroatoms. The van der Waals surface area contributed by atoms with Gasteiger partial charge < -0.3 is 20.1 Å². The summed E-state index contributed by atoms with van der Waals surface area (Å²) >= 11 is 0. The Bertz CT molecular complexity index is 265. The van der Waals surface area contributed by atoms with Gasteiger partial charge in [-0.1, -0.05) is 19.8 Å². The van der Waals surface area contributed by atoms with Crippen molar-refractivity contribution in [2.75, 3.05) is 33.9 Å². The van der Waals surface area contributed by atoms with Gasteiger partial charge in [-0.2, -0.15) is 0 Å². The molecule has 0 radical (unpaired) electrons. The summed E-state index contributed by atoms with van der Waals surface area (Å²) in [5.41, 5.74) is -0.663. The van der Waals surface area contributed by atoms with E-state index in [4.69, 9.17) is 9.47 Å². The van der Waals surface area contributed by atoms with Gasteiger partial charge in [-0.3, -0.25) is 4.79 Å². The molecule has 2 N–H and O–H groups in total. The van der Waals surface area contributed by atoms with Crippen LogP contribution in [0, 0.1) is 0 Å². The summed E-state index contributed by atoms with van der Waals surface area (Å²) in [5, 5.41) is 6.35. The van der Waals surface area contributed by atoms with Crippen molar-refractivity contribution in [2.24, 2.45) is 0 Å². The zero-order chi connectivity index (χ0) is 14.1. The number of hydrogen-bond donors (Lipinski definition) is 2. The van der Waals surface area contributed by atoms with Gasteiger partial charge in [0.1, 0.15) is 5.60 Å². The molecule has 1 unspecified atom stereocenters. The topological polar surface area (TPSA) is 59.6 Å². The molecule has 1 fully saturated rings. The van der Waals surface area contributed by atoms with Crippen molar-refractivity contribution in [1.82, 2.24) is 10.6 Å². The quantitative estimate of drug-likeness (QED) is 0.694. The summed E-state index contributed by atoms with van der Waals surface area (Å²) in [6.07, 6.45) is 4.62. The molecule has 0 aromatic heterocycles. The van der Waals surface area contributed by atoms with Crippen LogP contribution in [0.5, 0.6) is 0 Å². The molecule has 0 saturated carbocycles. The molecule has 5 nitrogen and oxygen atoms in total. The second-order valence-electron chi connectivity index (χ2n) is 5.22. The molecular weight excluding hydrogens is 244 g/mol. The minimum Gasteiger partial charge on any atom is -0.383 e. The van der Waals surface area contributed by atoms with Crippen molar-refractivity contribution >= 4 is 5.91 Å². The number of unbranched alkanes of at least 4 members (excludes halogenated alkanes) is 1. The molecule has 112 valence electrons. The lowest BCUT2D eigenvalue weighted by atomic mass is 9.90. The summed E-state index contributed by atoms with van der Waals surface area (Å²) in [6.45, 7) is 4.36. The van der Waals surface area contributed by atoms with E-state index in [1.54, 1.807) is 14.2 Å². The summed E-state index contributed by atoms with van der Waals surface area (Å²) in [6, 6.07) is 0.0827. The second kappa shape index (κ2) is 8.51. The molecular formula is C14H28N2O3. The molecule has 1 heterocycles. The molecule has 0 aromatic rings. The van der Waals surface area contributed by atoms with E-state index in [0.717, 1.165) is 45.2 Å². The minimum absolute atomic E-state index is 0.00894. The standard InChI is InChI=1S/C14H28N2O3/c1-4-5-6-12(11-18-2)16-13(17)14(19-3)7-9-15-10-8-14/h12,15H,4-11H2,1-3H3,(H,16,17). The van der Waals surface area contributed by atoms with Crippen LogP contribution in [0.15, 0.2) is 0 Å². The first-order chi connectivity index (χ1) is 9.18. The zero-order valence-corrected chi connectivity index (χ0v) is 12.5. The van der Waals surface area contributed by atoms with Gasteiger partial charge in [0, 0.05) is 14.2 Å². The lowest BCUT2D eigenvalue weighted by Gasteiger charge is -2.36. The highest BCUT2D eigenvalue weighted by Crippen LogP contribution is 2.23. The summed E-state index contributed by atoms with van der Waals surface area (Å²) < 4.78 is 10.7. The Morgan fingerprint density at radius 2 is 2.05 bits per heavy atom. The first-order valence-corrected chi connectivity index (χ1v) is 7.24. The predicted octanol–water partition coefficient (Wildman–Crippen LogP) is 1.08. The zero-order valence-electron chi connectivity index (χ0n) is 12.5. The van der Waals surface area contributed by atoms with Crippen LogP contribution in [0.3, 0.4) is 0 Å². The Kier molecular flexibility index (Phi) is 7.34. The van der Waals surface area contributed by atoms with Crippen molar-refractivity contribution in [1.29, 1.82) is 0 Å². The Labute approximate surface area is 116 Å². The van der Waals surface area contributed by atoms with Crippen molar-refractivity contribution < 1.29 is 14.3 Å². The third kappa shape index (κ3) is 4.75. The molecule has 0 bridgehead atoms. The molecule has 0 spiro atoms. The Balaban J connectivity index is 2.57. The normalized spacial score (nSPS) is 19.9. The van der Waals surface area contributed by atoms with Crippen LogP contribution in [0.25, 0.3) is 0 Å². The molecule has 1 saturated heterocycles. The number of hydrogen-bond acceptors (Lipinski definition) is 4. The number of carbonyl (C=O) groups is 1. The summed E-state index contributed by atoms with van der Waals surface area (Å²) in [5.74, 6) is 0.00894.